The van der Waals surface area contributed by atoms with Gasteiger partial charge in [-0.2, -0.15) is 5.26 Å². The lowest BCUT2D eigenvalue weighted by molar-refractivity contribution is -0.115. The maximum Gasteiger partial charge on any atom is 0.228 e. The minimum Gasteiger partial charge on any atom is -0.464 e. The van der Waals surface area contributed by atoms with Gasteiger partial charge in [0.25, 0.3) is 0 Å². The quantitative estimate of drug-likeness (QED) is 0.780. The van der Waals surface area contributed by atoms with Gasteiger partial charge in [0.1, 0.15) is 5.58 Å². The first-order valence-electron chi connectivity index (χ1n) is 7.80. The predicted octanol–water partition coefficient (Wildman–Crippen LogP) is 4.30. The molecule has 1 aromatic heterocycles. The van der Waals surface area contributed by atoms with Gasteiger partial charge in [0.05, 0.1) is 25.2 Å². The van der Waals surface area contributed by atoms with E-state index >= 15 is 0 Å². The summed E-state index contributed by atoms with van der Waals surface area (Å²) in [5.41, 5.74) is 5.70. The van der Waals surface area contributed by atoms with Crippen LogP contribution in [0.15, 0.2) is 47.1 Å². The summed E-state index contributed by atoms with van der Waals surface area (Å²) in [7, 11) is 0. The number of anilines is 1. The molecule has 4 heteroatoms. The minimum atomic E-state index is -0.0936. The van der Waals surface area contributed by atoms with Crippen LogP contribution >= 0.6 is 0 Å². The molecule has 0 fully saturated rings. The Balaban J connectivity index is 1.73. The number of furan rings is 1. The van der Waals surface area contributed by atoms with E-state index in [9.17, 15) is 4.79 Å². The average Bonchev–Trinajstić information content (AvgIpc) is 2.92. The van der Waals surface area contributed by atoms with Crippen molar-refractivity contribution in [1.29, 1.82) is 5.26 Å². The van der Waals surface area contributed by atoms with Crippen LogP contribution in [0.5, 0.6) is 0 Å². The molecule has 0 atom stereocenters. The molecule has 0 radical (unpaired) electrons. The van der Waals surface area contributed by atoms with E-state index in [0.717, 1.165) is 27.8 Å². The zero-order valence-electron chi connectivity index (χ0n) is 13.7. The number of benzene rings is 2. The molecule has 4 nitrogen and oxygen atoms in total. The van der Waals surface area contributed by atoms with Crippen LogP contribution in [0.25, 0.3) is 11.0 Å². The zero-order valence-corrected chi connectivity index (χ0v) is 13.7. The van der Waals surface area contributed by atoms with E-state index in [1.54, 1.807) is 6.26 Å². The number of nitrogens with one attached hydrogen (secondary N) is 1. The van der Waals surface area contributed by atoms with Crippen molar-refractivity contribution in [3.05, 3.63) is 64.9 Å². The van der Waals surface area contributed by atoms with Gasteiger partial charge in [0.15, 0.2) is 0 Å². The third-order valence-corrected chi connectivity index (χ3v) is 4.14. The van der Waals surface area contributed by atoms with Crippen LogP contribution in [0, 0.1) is 25.2 Å². The van der Waals surface area contributed by atoms with Crippen LogP contribution in [-0.2, 0) is 17.6 Å². The summed E-state index contributed by atoms with van der Waals surface area (Å²) in [5.74, 6) is -0.0936. The first kappa shape index (κ1) is 15.8. The second-order valence-corrected chi connectivity index (χ2v) is 5.95. The molecule has 2 aromatic carbocycles. The predicted molar refractivity (Wildman–Crippen MR) is 93.8 cm³/mol. The highest BCUT2D eigenvalue weighted by Gasteiger charge is 2.12. The fourth-order valence-corrected chi connectivity index (χ4v) is 2.65. The molecule has 0 saturated heterocycles. The molecule has 0 bridgehead atoms. The molecule has 3 rings (SSSR count). The second-order valence-electron chi connectivity index (χ2n) is 5.95. The molecule has 1 amide bonds. The van der Waals surface area contributed by atoms with E-state index in [4.69, 9.17) is 9.68 Å². The zero-order chi connectivity index (χ0) is 17.1. The van der Waals surface area contributed by atoms with Crippen molar-refractivity contribution in [3.8, 4) is 6.07 Å². The van der Waals surface area contributed by atoms with Crippen molar-refractivity contribution in [3.63, 3.8) is 0 Å². The maximum absolute atomic E-state index is 12.3. The first-order valence-corrected chi connectivity index (χ1v) is 7.80. The van der Waals surface area contributed by atoms with Crippen LogP contribution in [0.1, 0.15) is 22.3 Å². The molecule has 0 aliphatic heterocycles. The third-order valence-electron chi connectivity index (χ3n) is 4.14. The number of carbonyl (C=O) groups excluding carboxylic acids is 1. The van der Waals surface area contributed by atoms with Crippen molar-refractivity contribution in [1.82, 2.24) is 0 Å². The Labute approximate surface area is 140 Å². The van der Waals surface area contributed by atoms with Crippen molar-refractivity contribution in [2.45, 2.75) is 26.7 Å². The first-order chi connectivity index (χ1) is 11.6. The molecular formula is C20H18N2O2. The molecule has 3 aromatic rings. The Morgan fingerprint density at radius 3 is 2.58 bits per heavy atom. The fourth-order valence-electron chi connectivity index (χ4n) is 2.65. The maximum atomic E-state index is 12.3. The van der Waals surface area contributed by atoms with Crippen LogP contribution < -0.4 is 5.32 Å². The van der Waals surface area contributed by atoms with Crippen molar-refractivity contribution >= 4 is 22.6 Å². The largest absolute Gasteiger partial charge is 0.464 e. The SMILES string of the molecule is Cc1cc2occ(CC(=O)Nc3ccc(CC#N)cc3)c2cc1C. The van der Waals surface area contributed by atoms with E-state index in [2.05, 4.69) is 24.4 Å². The molecule has 0 spiro atoms. The highest BCUT2D eigenvalue weighted by Crippen LogP contribution is 2.25. The van der Waals surface area contributed by atoms with Gasteiger partial charge in [-0.15, -0.1) is 0 Å². The summed E-state index contributed by atoms with van der Waals surface area (Å²) in [5, 5.41) is 12.5. The lowest BCUT2D eigenvalue weighted by atomic mass is 10.0. The lowest BCUT2D eigenvalue weighted by Crippen LogP contribution is -2.14. The summed E-state index contributed by atoms with van der Waals surface area (Å²) < 4.78 is 5.57. The number of fused-ring (bicyclic) bond motifs is 1. The van der Waals surface area contributed by atoms with Gasteiger partial charge < -0.3 is 9.73 Å². The molecule has 0 aliphatic rings. The standard InChI is InChI=1S/C20H18N2O2/c1-13-9-18-16(12-24-19(18)10-14(13)2)11-20(23)22-17-5-3-15(4-6-17)7-8-21/h3-6,9-10,12H,7,11H2,1-2H3,(H,22,23). The molecule has 0 saturated carbocycles. The average molecular weight is 318 g/mol. The van der Waals surface area contributed by atoms with Gasteiger partial charge in [-0.25, -0.2) is 0 Å². The van der Waals surface area contributed by atoms with Gasteiger partial charge in [-0.1, -0.05) is 12.1 Å². The Morgan fingerprint density at radius 2 is 1.88 bits per heavy atom. The number of nitriles is 1. The molecule has 24 heavy (non-hydrogen) atoms. The molecule has 0 aliphatic carbocycles. The van der Waals surface area contributed by atoms with E-state index in [1.165, 1.54) is 11.1 Å². The van der Waals surface area contributed by atoms with Crippen molar-refractivity contribution < 1.29 is 9.21 Å². The highest BCUT2D eigenvalue weighted by atomic mass is 16.3. The van der Waals surface area contributed by atoms with Crippen LogP contribution in [0.3, 0.4) is 0 Å². The number of hydrogen-bond acceptors (Lipinski definition) is 3. The number of hydrogen-bond donors (Lipinski definition) is 1. The summed E-state index contributed by atoms with van der Waals surface area (Å²) >= 11 is 0. The van der Waals surface area contributed by atoms with Crippen molar-refractivity contribution in [2.24, 2.45) is 0 Å². The molecule has 120 valence electrons. The third kappa shape index (κ3) is 3.31. The van der Waals surface area contributed by atoms with Gasteiger partial charge in [-0.3, -0.25) is 4.79 Å². The van der Waals surface area contributed by atoms with E-state index in [-0.39, 0.29) is 12.3 Å². The minimum absolute atomic E-state index is 0.0936. The number of nitrogens with zero attached hydrogens (tertiary/aromatic N) is 1. The number of carbonyl (C=O) groups is 1. The number of aryl methyl sites for hydroxylation is 2. The van der Waals surface area contributed by atoms with E-state index in [1.807, 2.05) is 37.3 Å². The Kier molecular flexibility index (Phi) is 4.35. The van der Waals surface area contributed by atoms with E-state index < -0.39 is 0 Å². The van der Waals surface area contributed by atoms with Crippen molar-refractivity contribution in [2.75, 3.05) is 5.32 Å². The van der Waals surface area contributed by atoms with E-state index in [0.29, 0.717) is 6.42 Å². The number of rotatable bonds is 4. The van der Waals surface area contributed by atoms with Crippen LogP contribution in [0.4, 0.5) is 5.69 Å². The Hall–Kier alpha value is -3.06. The van der Waals surface area contributed by atoms with Gasteiger partial charge in [-0.05, 0) is 54.8 Å². The fraction of sp³-hybridized carbons (Fsp3) is 0.200. The van der Waals surface area contributed by atoms with Gasteiger partial charge in [0.2, 0.25) is 5.91 Å². The topological polar surface area (TPSA) is 66.0 Å². The smallest absolute Gasteiger partial charge is 0.228 e. The second kappa shape index (κ2) is 6.59. The molecule has 1 N–H and O–H groups in total. The lowest BCUT2D eigenvalue weighted by Gasteiger charge is -2.05. The van der Waals surface area contributed by atoms with Crippen LogP contribution in [0.2, 0.25) is 0 Å². The summed E-state index contributed by atoms with van der Waals surface area (Å²) in [6, 6.07) is 13.5. The molecular weight excluding hydrogens is 300 g/mol. The Bertz CT molecular complexity index is 931. The summed E-state index contributed by atoms with van der Waals surface area (Å²) in [4.78, 5) is 12.3. The summed E-state index contributed by atoms with van der Waals surface area (Å²) in [6.45, 7) is 4.09. The normalized spacial score (nSPS) is 10.5. The number of amides is 1. The van der Waals surface area contributed by atoms with Crippen LogP contribution in [-0.4, -0.2) is 5.91 Å². The monoisotopic (exact) mass is 318 g/mol. The van der Waals surface area contributed by atoms with Gasteiger partial charge >= 0.3 is 0 Å². The Morgan fingerprint density at radius 1 is 1.17 bits per heavy atom. The highest BCUT2D eigenvalue weighted by molar-refractivity contribution is 5.95. The molecule has 0 unspecified atom stereocenters. The van der Waals surface area contributed by atoms with Gasteiger partial charge in [0, 0.05) is 16.6 Å². The summed E-state index contributed by atoms with van der Waals surface area (Å²) in [6.07, 6.45) is 2.28. The molecule has 1 heterocycles.